The van der Waals surface area contributed by atoms with E-state index < -0.39 is 12.2 Å². The normalized spacial score (nSPS) is 21.8. The van der Waals surface area contributed by atoms with Crippen LogP contribution in [0, 0.1) is 30.1 Å². The van der Waals surface area contributed by atoms with Gasteiger partial charge in [0, 0.05) is 11.8 Å². The molecule has 0 aromatic carbocycles. The average molecular weight is 198 g/mol. The van der Waals surface area contributed by atoms with Gasteiger partial charge in [-0.3, -0.25) is 0 Å². The number of aliphatic hydroxyl groups excluding tert-OH is 2. The van der Waals surface area contributed by atoms with E-state index in [4.69, 9.17) is 6.42 Å². The highest BCUT2D eigenvalue weighted by atomic mass is 16.3. The summed E-state index contributed by atoms with van der Waals surface area (Å²) in [6.07, 6.45) is 5.03. The highest BCUT2D eigenvalue weighted by Gasteiger charge is 2.28. The van der Waals surface area contributed by atoms with Gasteiger partial charge in [0.05, 0.1) is 12.2 Å². The first-order valence-corrected chi connectivity index (χ1v) is 5.27. The standard InChI is InChI=1S/C12H22O2/c1-6-8(3)11(13)10(5)12(14)9(4)7-2/h1,8-14H,7H2,2-5H3/t8-,9+,10+,11-,12+/m0/s1. The molecule has 0 aromatic rings. The van der Waals surface area contributed by atoms with Crippen LogP contribution in [0.15, 0.2) is 0 Å². The van der Waals surface area contributed by atoms with Gasteiger partial charge in [-0.25, -0.2) is 0 Å². The van der Waals surface area contributed by atoms with Crippen LogP contribution in [0.3, 0.4) is 0 Å². The fraction of sp³-hybridized carbons (Fsp3) is 0.833. The van der Waals surface area contributed by atoms with Crippen molar-refractivity contribution in [2.24, 2.45) is 17.8 Å². The zero-order valence-electron chi connectivity index (χ0n) is 9.57. The van der Waals surface area contributed by atoms with E-state index in [0.717, 1.165) is 6.42 Å². The summed E-state index contributed by atoms with van der Waals surface area (Å²) in [6.45, 7) is 7.64. The molecule has 2 heteroatoms. The topological polar surface area (TPSA) is 40.5 Å². The lowest BCUT2D eigenvalue weighted by molar-refractivity contribution is -0.0193. The van der Waals surface area contributed by atoms with Crippen LogP contribution in [0.5, 0.6) is 0 Å². The van der Waals surface area contributed by atoms with Crippen LogP contribution in [0.4, 0.5) is 0 Å². The van der Waals surface area contributed by atoms with Crippen LogP contribution in [0.25, 0.3) is 0 Å². The minimum Gasteiger partial charge on any atom is -0.392 e. The second-order valence-electron chi connectivity index (χ2n) is 4.18. The molecule has 0 fully saturated rings. The zero-order valence-corrected chi connectivity index (χ0v) is 9.57. The average Bonchev–Trinajstić information content (AvgIpc) is 2.23. The molecule has 0 bridgehead atoms. The molecule has 0 saturated heterocycles. The third kappa shape index (κ3) is 3.32. The molecule has 0 unspecified atom stereocenters. The molecule has 82 valence electrons. The Balaban J connectivity index is 4.31. The number of rotatable bonds is 5. The molecule has 0 amide bonds. The fourth-order valence-corrected chi connectivity index (χ4v) is 1.52. The molecule has 0 rings (SSSR count). The van der Waals surface area contributed by atoms with Gasteiger partial charge >= 0.3 is 0 Å². The van der Waals surface area contributed by atoms with Crippen LogP contribution >= 0.6 is 0 Å². The molecule has 5 atom stereocenters. The number of terminal acetylenes is 1. The molecular formula is C12H22O2. The first kappa shape index (κ1) is 13.5. The molecule has 0 heterocycles. The summed E-state index contributed by atoms with van der Waals surface area (Å²) in [4.78, 5) is 0. The molecule has 2 N–H and O–H groups in total. The van der Waals surface area contributed by atoms with E-state index in [1.807, 2.05) is 20.8 Å². The van der Waals surface area contributed by atoms with Crippen molar-refractivity contribution in [2.75, 3.05) is 0 Å². The molecule has 0 aliphatic carbocycles. The molecular weight excluding hydrogens is 176 g/mol. The van der Waals surface area contributed by atoms with Crippen molar-refractivity contribution < 1.29 is 10.2 Å². The van der Waals surface area contributed by atoms with Gasteiger partial charge in [0.2, 0.25) is 0 Å². The lowest BCUT2D eigenvalue weighted by atomic mass is 9.84. The third-order valence-corrected chi connectivity index (χ3v) is 3.08. The lowest BCUT2D eigenvalue weighted by Gasteiger charge is -2.29. The van der Waals surface area contributed by atoms with Crippen LogP contribution in [-0.4, -0.2) is 22.4 Å². The maximum atomic E-state index is 9.87. The van der Waals surface area contributed by atoms with Gasteiger partial charge in [-0.1, -0.05) is 27.2 Å². The van der Waals surface area contributed by atoms with Gasteiger partial charge in [-0.2, -0.15) is 0 Å². The highest BCUT2D eigenvalue weighted by Crippen LogP contribution is 2.22. The van der Waals surface area contributed by atoms with Crippen molar-refractivity contribution in [3.05, 3.63) is 0 Å². The Labute approximate surface area is 87.3 Å². The predicted octanol–water partition coefficient (Wildman–Crippen LogP) is 1.66. The van der Waals surface area contributed by atoms with Crippen LogP contribution < -0.4 is 0 Å². The highest BCUT2D eigenvalue weighted by molar-refractivity contribution is 4.96. The van der Waals surface area contributed by atoms with Crippen LogP contribution in [-0.2, 0) is 0 Å². The molecule has 0 aromatic heterocycles. The molecule has 0 aliphatic heterocycles. The van der Waals surface area contributed by atoms with E-state index in [-0.39, 0.29) is 17.8 Å². The van der Waals surface area contributed by atoms with Gasteiger partial charge in [-0.15, -0.1) is 12.3 Å². The summed E-state index contributed by atoms with van der Waals surface area (Å²) in [5.74, 6) is 2.32. The summed E-state index contributed by atoms with van der Waals surface area (Å²) in [7, 11) is 0. The number of hydrogen-bond donors (Lipinski definition) is 2. The van der Waals surface area contributed by atoms with Crippen LogP contribution in [0.2, 0.25) is 0 Å². The lowest BCUT2D eigenvalue weighted by Crippen LogP contribution is -2.37. The molecule has 0 spiro atoms. The first-order chi connectivity index (χ1) is 6.45. The van der Waals surface area contributed by atoms with E-state index in [1.54, 1.807) is 6.92 Å². The van der Waals surface area contributed by atoms with Crippen molar-refractivity contribution >= 4 is 0 Å². The van der Waals surface area contributed by atoms with Crippen molar-refractivity contribution in [3.8, 4) is 12.3 Å². The minimum absolute atomic E-state index is 0.170. The van der Waals surface area contributed by atoms with Gasteiger partial charge in [0.1, 0.15) is 0 Å². The largest absolute Gasteiger partial charge is 0.392 e. The van der Waals surface area contributed by atoms with Crippen molar-refractivity contribution in [1.29, 1.82) is 0 Å². The predicted molar refractivity (Wildman–Crippen MR) is 58.6 cm³/mol. The van der Waals surface area contributed by atoms with E-state index >= 15 is 0 Å². The molecule has 0 aliphatic rings. The summed E-state index contributed by atoms with van der Waals surface area (Å²) in [5, 5.41) is 19.7. The van der Waals surface area contributed by atoms with Crippen molar-refractivity contribution in [2.45, 2.75) is 46.3 Å². The van der Waals surface area contributed by atoms with Gasteiger partial charge in [0.15, 0.2) is 0 Å². The second-order valence-corrected chi connectivity index (χ2v) is 4.18. The van der Waals surface area contributed by atoms with Crippen LogP contribution in [0.1, 0.15) is 34.1 Å². The van der Waals surface area contributed by atoms with E-state index in [9.17, 15) is 10.2 Å². The Morgan fingerprint density at radius 2 is 1.64 bits per heavy atom. The number of aliphatic hydroxyl groups is 2. The molecule has 2 nitrogen and oxygen atoms in total. The maximum Gasteiger partial charge on any atom is 0.0725 e. The quantitative estimate of drug-likeness (QED) is 0.660. The SMILES string of the molecule is C#C[C@H](C)[C@H](O)[C@@H](C)[C@H](O)[C@H](C)CC. The third-order valence-electron chi connectivity index (χ3n) is 3.08. The van der Waals surface area contributed by atoms with Crippen molar-refractivity contribution in [1.82, 2.24) is 0 Å². The number of hydrogen-bond acceptors (Lipinski definition) is 2. The summed E-state index contributed by atoms with van der Waals surface area (Å²) < 4.78 is 0. The Hall–Kier alpha value is -0.520. The van der Waals surface area contributed by atoms with Gasteiger partial charge in [0.25, 0.3) is 0 Å². The monoisotopic (exact) mass is 198 g/mol. The smallest absolute Gasteiger partial charge is 0.0725 e. The minimum atomic E-state index is -0.621. The summed E-state index contributed by atoms with van der Waals surface area (Å²) in [6, 6.07) is 0. The fourth-order valence-electron chi connectivity index (χ4n) is 1.52. The summed E-state index contributed by atoms with van der Waals surface area (Å²) >= 11 is 0. The van der Waals surface area contributed by atoms with Gasteiger partial charge in [-0.05, 0) is 12.8 Å². The van der Waals surface area contributed by atoms with E-state index in [0.29, 0.717) is 0 Å². The molecule has 0 radical (unpaired) electrons. The van der Waals surface area contributed by atoms with E-state index in [1.165, 1.54) is 0 Å². The Morgan fingerprint density at radius 1 is 1.14 bits per heavy atom. The Bertz CT molecular complexity index is 195. The first-order valence-electron chi connectivity index (χ1n) is 5.27. The van der Waals surface area contributed by atoms with E-state index in [2.05, 4.69) is 5.92 Å². The Morgan fingerprint density at radius 3 is 2.00 bits per heavy atom. The Kier molecular flexibility index (Phi) is 5.83. The second kappa shape index (κ2) is 6.06. The molecule has 14 heavy (non-hydrogen) atoms. The maximum absolute atomic E-state index is 9.87. The molecule has 0 saturated carbocycles. The summed E-state index contributed by atoms with van der Waals surface area (Å²) in [5.41, 5.74) is 0. The van der Waals surface area contributed by atoms with Crippen molar-refractivity contribution in [3.63, 3.8) is 0 Å². The zero-order chi connectivity index (χ0) is 11.3. The van der Waals surface area contributed by atoms with Gasteiger partial charge < -0.3 is 10.2 Å².